The van der Waals surface area contributed by atoms with Crippen molar-refractivity contribution < 1.29 is 0 Å². The Morgan fingerprint density at radius 1 is 1.00 bits per heavy atom. The van der Waals surface area contributed by atoms with Gasteiger partial charge in [0, 0.05) is 27.2 Å². The number of aromatic nitrogens is 3. The molecule has 2 fully saturated rings. The highest BCUT2D eigenvalue weighted by Crippen LogP contribution is 2.63. The number of alkyl halides is 2. The summed E-state index contributed by atoms with van der Waals surface area (Å²) >= 11 is 18.4. The molecule has 2 aromatic carbocycles. The molecule has 0 radical (unpaired) electrons. The number of halogens is 3. The lowest BCUT2D eigenvalue weighted by atomic mass is 9.95. The molecule has 0 amide bonds. The minimum atomic E-state index is -0.656. The molecule has 1 heterocycles. The number of rotatable bonds is 6. The van der Waals surface area contributed by atoms with Gasteiger partial charge in [-0.05, 0) is 37.0 Å². The lowest BCUT2D eigenvalue weighted by Gasteiger charge is -2.27. The summed E-state index contributed by atoms with van der Waals surface area (Å²) in [6.45, 7) is 0. The van der Waals surface area contributed by atoms with Crippen LogP contribution in [0, 0.1) is 5.92 Å². The standard InChI is InChI=1S/C24H24BrCl2N3S/c25-18-11-7-10-17(14-18)22-28-29-23(30(22)19-12-5-2-6-13-19)31-21(20-15-24(20,26)27)16-8-3-1-4-9-16/h1,3-4,7-11,14,19-21H,2,5-6,12-13,15H2. The van der Waals surface area contributed by atoms with Gasteiger partial charge in [0.05, 0.1) is 0 Å². The van der Waals surface area contributed by atoms with Crippen molar-refractivity contribution in [1.82, 2.24) is 14.8 Å². The molecule has 1 aromatic heterocycles. The molecule has 0 saturated heterocycles. The van der Waals surface area contributed by atoms with Crippen LogP contribution < -0.4 is 0 Å². The van der Waals surface area contributed by atoms with Gasteiger partial charge < -0.3 is 0 Å². The largest absolute Gasteiger partial charge is 0.299 e. The van der Waals surface area contributed by atoms with E-state index in [-0.39, 0.29) is 11.2 Å². The van der Waals surface area contributed by atoms with Gasteiger partial charge in [-0.15, -0.1) is 33.4 Å². The van der Waals surface area contributed by atoms with Crippen LogP contribution in [0.15, 0.2) is 64.2 Å². The van der Waals surface area contributed by atoms with E-state index in [0.717, 1.165) is 27.4 Å². The molecule has 0 aliphatic heterocycles. The van der Waals surface area contributed by atoms with Crippen molar-refractivity contribution in [2.75, 3.05) is 0 Å². The second kappa shape index (κ2) is 9.09. The third-order valence-electron chi connectivity index (χ3n) is 6.29. The summed E-state index contributed by atoms with van der Waals surface area (Å²) in [6, 6.07) is 19.3. The molecule has 2 aliphatic rings. The molecule has 0 N–H and O–H groups in total. The Hall–Kier alpha value is -1.01. The zero-order valence-corrected chi connectivity index (χ0v) is 21.0. The molecule has 2 atom stereocenters. The highest BCUT2D eigenvalue weighted by Gasteiger charge is 2.56. The van der Waals surface area contributed by atoms with Crippen LogP contribution in [0.5, 0.6) is 0 Å². The van der Waals surface area contributed by atoms with Crippen LogP contribution in [0.4, 0.5) is 0 Å². The van der Waals surface area contributed by atoms with Crippen LogP contribution in [0.1, 0.15) is 55.4 Å². The fourth-order valence-corrected chi connectivity index (χ4v) is 7.14. The van der Waals surface area contributed by atoms with Crippen LogP contribution in [0.2, 0.25) is 0 Å². The van der Waals surface area contributed by atoms with Gasteiger partial charge in [-0.3, -0.25) is 4.57 Å². The number of thioether (sulfide) groups is 1. The second-order valence-electron chi connectivity index (χ2n) is 8.50. The normalized spacial score (nSPS) is 21.7. The number of hydrogen-bond donors (Lipinski definition) is 0. The maximum absolute atomic E-state index is 6.53. The first-order valence-electron chi connectivity index (χ1n) is 10.8. The summed E-state index contributed by atoms with van der Waals surface area (Å²) in [5.74, 6) is 1.15. The molecule has 5 rings (SSSR count). The molecular formula is C24H24BrCl2N3S. The van der Waals surface area contributed by atoms with Crippen LogP contribution >= 0.6 is 50.9 Å². The summed E-state index contributed by atoms with van der Waals surface area (Å²) in [5.41, 5.74) is 2.33. The van der Waals surface area contributed by atoms with E-state index in [1.54, 1.807) is 11.8 Å². The van der Waals surface area contributed by atoms with Gasteiger partial charge in [-0.1, -0.05) is 89.4 Å². The van der Waals surface area contributed by atoms with E-state index in [9.17, 15) is 0 Å². The average Bonchev–Trinajstić information content (AvgIpc) is 3.22. The van der Waals surface area contributed by atoms with Crippen LogP contribution in [-0.2, 0) is 0 Å². The van der Waals surface area contributed by atoms with Crippen molar-refractivity contribution >= 4 is 50.9 Å². The molecule has 2 unspecified atom stereocenters. The van der Waals surface area contributed by atoms with E-state index in [0.29, 0.717) is 6.04 Å². The molecule has 2 saturated carbocycles. The van der Waals surface area contributed by atoms with Crippen LogP contribution in [-0.4, -0.2) is 19.1 Å². The fourth-order valence-electron chi connectivity index (χ4n) is 4.55. The first kappa shape index (κ1) is 21.8. The molecule has 3 aromatic rings. The molecule has 0 spiro atoms. The van der Waals surface area contributed by atoms with E-state index >= 15 is 0 Å². The van der Waals surface area contributed by atoms with Gasteiger partial charge in [0.15, 0.2) is 11.0 Å². The molecular weight excluding hydrogens is 513 g/mol. The van der Waals surface area contributed by atoms with Crippen molar-refractivity contribution in [3.05, 3.63) is 64.6 Å². The molecule has 0 bridgehead atoms. The van der Waals surface area contributed by atoms with Crippen LogP contribution in [0.3, 0.4) is 0 Å². The highest BCUT2D eigenvalue weighted by molar-refractivity contribution is 9.10. The predicted molar refractivity (Wildman–Crippen MR) is 133 cm³/mol. The zero-order chi connectivity index (χ0) is 21.4. The highest BCUT2D eigenvalue weighted by atomic mass is 79.9. The lowest BCUT2D eigenvalue weighted by molar-refractivity contribution is 0.339. The number of benzene rings is 2. The second-order valence-corrected chi connectivity index (χ2v) is 12.1. The van der Waals surface area contributed by atoms with E-state index in [1.807, 2.05) is 12.1 Å². The molecule has 162 valence electrons. The Balaban J connectivity index is 1.55. The third-order valence-corrected chi connectivity index (χ3v) is 8.99. The van der Waals surface area contributed by atoms with Crippen molar-refractivity contribution in [3.8, 4) is 11.4 Å². The Morgan fingerprint density at radius 3 is 2.42 bits per heavy atom. The topological polar surface area (TPSA) is 30.7 Å². The van der Waals surface area contributed by atoms with Gasteiger partial charge in [-0.2, -0.15) is 0 Å². The first-order chi connectivity index (χ1) is 15.0. The van der Waals surface area contributed by atoms with Gasteiger partial charge >= 0.3 is 0 Å². The minimum absolute atomic E-state index is 0.151. The van der Waals surface area contributed by atoms with Crippen molar-refractivity contribution in [2.45, 2.75) is 59.3 Å². The van der Waals surface area contributed by atoms with E-state index in [1.165, 1.54) is 37.7 Å². The Kier molecular flexibility index (Phi) is 6.40. The third kappa shape index (κ3) is 4.71. The van der Waals surface area contributed by atoms with Crippen molar-refractivity contribution in [1.29, 1.82) is 0 Å². The summed E-state index contributed by atoms with van der Waals surface area (Å²) in [4.78, 5) is 0. The Morgan fingerprint density at radius 2 is 1.74 bits per heavy atom. The molecule has 31 heavy (non-hydrogen) atoms. The molecule has 3 nitrogen and oxygen atoms in total. The first-order valence-corrected chi connectivity index (χ1v) is 13.3. The van der Waals surface area contributed by atoms with Gasteiger partial charge in [0.2, 0.25) is 0 Å². The Bertz CT molecular complexity index is 1050. The van der Waals surface area contributed by atoms with Crippen molar-refractivity contribution in [3.63, 3.8) is 0 Å². The smallest absolute Gasteiger partial charge is 0.192 e. The SMILES string of the molecule is ClC1(Cl)CC1C(Sc1nnc(-c2cccc(Br)c2)n1C1CCCCC1)c1ccccc1. The monoisotopic (exact) mass is 535 g/mol. The fraction of sp³-hybridized carbons (Fsp3) is 0.417. The number of hydrogen-bond acceptors (Lipinski definition) is 3. The van der Waals surface area contributed by atoms with E-state index < -0.39 is 4.33 Å². The minimum Gasteiger partial charge on any atom is -0.299 e. The van der Waals surface area contributed by atoms with E-state index in [4.69, 9.17) is 28.3 Å². The maximum atomic E-state index is 6.53. The summed E-state index contributed by atoms with van der Waals surface area (Å²) in [7, 11) is 0. The van der Waals surface area contributed by atoms with Crippen molar-refractivity contribution in [2.24, 2.45) is 5.92 Å². The van der Waals surface area contributed by atoms with Gasteiger partial charge in [-0.25, -0.2) is 0 Å². The number of nitrogens with zero attached hydrogens (tertiary/aromatic N) is 3. The molecule has 7 heteroatoms. The van der Waals surface area contributed by atoms with Gasteiger partial charge in [0.25, 0.3) is 0 Å². The predicted octanol–water partition coefficient (Wildman–Crippen LogP) is 8.24. The van der Waals surface area contributed by atoms with E-state index in [2.05, 4.69) is 68.1 Å². The van der Waals surface area contributed by atoms with Gasteiger partial charge in [0.1, 0.15) is 4.33 Å². The Labute approximate surface area is 206 Å². The maximum Gasteiger partial charge on any atom is 0.192 e. The lowest BCUT2D eigenvalue weighted by Crippen LogP contribution is -2.16. The zero-order valence-electron chi connectivity index (χ0n) is 17.1. The summed E-state index contributed by atoms with van der Waals surface area (Å²) < 4.78 is 2.77. The van der Waals surface area contributed by atoms with Crippen LogP contribution in [0.25, 0.3) is 11.4 Å². The quantitative estimate of drug-likeness (QED) is 0.234. The summed E-state index contributed by atoms with van der Waals surface area (Å²) in [6.07, 6.45) is 6.95. The summed E-state index contributed by atoms with van der Waals surface area (Å²) in [5, 5.41) is 10.5. The average molecular weight is 537 g/mol. The molecule has 2 aliphatic carbocycles.